The SMILES string of the molecule is COc1cc(C2(N=C=O)CC2)cc(OC)c1OC. The summed E-state index contributed by atoms with van der Waals surface area (Å²) in [5, 5.41) is 0. The van der Waals surface area contributed by atoms with Crippen LogP contribution in [0.15, 0.2) is 17.1 Å². The van der Waals surface area contributed by atoms with Crippen LogP contribution >= 0.6 is 0 Å². The van der Waals surface area contributed by atoms with Gasteiger partial charge in [0, 0.05) is 0 Å². The highest BCUT2D eigenvalue weighted by molar-refractivity contribution is 5.56. The maximum Gasteiger partial charge on any atom is 0.235 e. The number of hydrogen-bond acceptors (Lipinski definition) is 5. The molecule has 2 rings (SSSR count). The van der Waals surface area contributed by atoms with Crippen LogP contribution in [0.5, 0.6) is 17.2 Å². The number of carbonyl (C=O) groups excluding carboxylic acids is 1. The van der Waals surface area contributed by atoms with Crippen LogP contribution in [-0.2, 0) is 10.3 Å². The molecule has 0 saturated heterocycles. The first-order chi connectivity index (χ1) is 8.70. The first-order valence-electron chi connectivity index (χ1n) is 5.60. The molecule has 0 heterocycles. The number of ether oxygens (including phenoxy) is 3. The van der Waals surface area contributed by atoms with Gasteiger partial charge in [0.2, 0.25) is 11.8 Å². The van der Waals surface area contributed by atoms with Crippen LogP contribution in [0.2, 0.25) is 0 Å². The maximum atomic E-state index is 10.5. The van der Waals surface area contributed by atoms with Crippen molar-refractivity contribution in [2.24, 2.45) is 4.99 Å². The molecule has 18 heavy (non-hydrogen) atoms. The number of aliphatic imine (C=N–C) groups is 1. The highest BCUT2D eigenvalue weighted by Gasteiger charge is 2.45. The topological polar surface area (TPSA) is 57.1 Å². The molecule has 0 N–H and O–H groups in total. The Morgan fingerprint density at radius 1 is 1.11 bits per heavy atom. The summed E-state index contributed by atoms with van der Waals surface area (Å²) in [6.07, 6.45) is 3.30. The highest BCUT2D eigenvalue weighted by atomic mass is 16.5. The van der Waals surface area contributed by atoms with Gasteiger partial charge in [-0.25, -0.2) is 4.79 Å². The molecule has 5 nitrogen and oxygen atoms in total. The standard InChI is InChI=1S/C13H15NO4/c1-16-10-6-9(13(4-5-13)14-8-15)7-11(17-2)12(10)18-3/h6-7H,4-5H2,1-3H3. The summed E-state index contributed by atoms with van der Waals surface area (Å²) in [6.45, 7) is 0. The quantitative estimate of drug-likeness (QED) is 0.592. The number of rotatable bonds is 5. The Kier molecular flexibility index (Phi) is 3.26. The smallest absolute Gasteiger partial charge is 0.235 e. The predicted molar refractivity (Wildman–Crippen MR) is 65.1 cm³/mol. The molecule has 96 valence electrons. The largest absolute Gasteiger partial charge is 0.493 e. The molecular weight excluding hydrogens is 234 g/mol. The van der Waals surface area contributed by atoms with Gasteiger partial charge in [0.15, 0.2) is 11.5 Å². The lowest BCUT2D eigenvalue weighted by Gasteiger charge is -2.16. The van der Waals surface area contributed by atoms with Crippen molar-refractivity contribution in [2.45, 2.75) is 18.4 Å². The summed E-state index contributed by atoms with van der Waals surface area (Å²) >= 11 is 0. The molecule has 0 unspecified atom stereocenters. The summed E-state index contributed by atoms with van der Waals surface area (Å²) in [5.74, 6) is 1.67. The zero-order valence-electron chi connectivity index (χ0n) is 10.6. The fraction of sp³-hybridized carbons (Fsp3) is 0.462. The minimum absolute atomic E-state index is 0.450. The third-order valence-corrected chi connectivity index (χ3v) is 3.19. The van der Waals surface area contributed by atoms with Gasteiger partial charge in [0.25, 0.3) is 0 Å². The zero-order chi connectivity index (χ0) is 13.2. The van der Waals surface area contributed by atoms with Gasteiger partial charge in [0.05, 0.1) is 26.9 Å². The molecule has 0 amide bonds. The Balaban J connectivity index is 2.54. The molecule has 0 radical (unpaired) electrons. The number of methoxy groups -OCH3 is 3. The van der Waals surface area contributed by atoms with Gasteiger partial charge in [-0.05, 0) is 30.5 Å². The number of nitrogens with zero attached hydrogens (tertiary/aromatic N) is 1. The molecule has 1 aliphatic carbocycles. The van der Waals surface area contributed by atoms with Gasteiger partial charge in [0.1, 0.15) is 0 Å². The summed E-state index contributed by atoms with van der Waals surface area (Å²) in [6, 6.07) is 3.66. The summed E-state index contributed by atoms with van der Waals surface area (Å²) in [5.41, 5.74) is 0.439. The van der Waals surface area contributed by atoms with Crippen molar-refractivity contribution >= 4 is 6.08 Å². The third-order valence-electron chi connectivity index (χ3n) is 3.19. The molecule has 1 aromatic carbocycles. The van der Waals surface area contributed by atoms with E-state index in [-0.39, 0.29) is 0 Å². The molecule has 0 spiro atoms. The van der Waals surface area contributed by atoms with E-state index in [4.69, 9.17) is 14.2 Å². The van der Waals surface area contributed by atoms with Crippen LogP contribution in [0.4, 0.5) is 0 Å². The highest BCUT2D eigenvalue weighted by Crippen LogP contribution is 2.52. The van der Waals surface area contributed by atoms with Crippen LogP contribution in [0.3, 0.4) is 0 Å². The average Bonchev–Trinajstić information content (AvgIpc) is 3.18. The van der Waals surface area contributed by atoms with Crippen LogP contribution in [0.1, 0.15) is 18.4 Å². The Morgan fingerprint density at radius 3 is 2.00 bits per heavy atom. The van der Waals surface area contributed by atoms with E-state index in [9.17, 15) is 4.79 Å². The second-order valence-corrected chi connectivity index (χ2v) is 4.15. The first-order valence-corrected chi connectivity index (χ1v) is 5.60. The van der Waals surface area contributed by atoms with E-state index in [0.29, 0.717) is 17.2 Å². The molecule has 0 atom stereocenters. The third kappa shape index (κ3) is 1.93. The van der Waals surface area contributed by atoms with Crippen LogP contribution in [-0.4, -0.2) is 27.4 Å². The maximum absolute atomic E-state index is 10.5. The predicted octanol–water partition coefficient (Wildman–Crippen LogP) is 2.04. The zero-order valence-corrected chi connectivity index (χ0v) is 10.6. The molecule has 0 aromatic heterocycles. The lowest BCUT2D eigenvalue weighted by atomic mass is 10.0. The van der Waals surface area contributed by atoms with Gasteiger partial charge in [-0.1, -0.05) is 0 Å². The van der Waals surface area contributed by atoms with E-state index in [1.165, 1.54) is 0 Å². The van der Waals surface area contributed by atoms with E-state index in [2.05, 4.69) is 4.99 Å². The lowest BCUT2D eigenvalue weighted by molar-refractivity contribution is 0.323. The van der Waals surface area contributed by atoms with Crippen molar-refractivity contribution in [2.75, 3.05) is 21.3 Å². The van der Waals surface area contributed by atoms with Gasteiger partial charge in [-0.3, -0.25) is 0 Å². The molecule has 0 aliphatic heterocycles. The minimum Gasteiger partial charge on any atom is -0.493 e. The minimum atomic E-state index is -0.450. The van der Waals surface area contributed by atoms with Crippen molar-refractivity contribution in [3.63, 3.8) is 0 Å². The van der Waals surface area contributed by atoms with E-state index < -0.39 is 5.54 Å². The van der Waals surface area contributed by atoms with Gasteiger partial charge in [-0.15, -0.1) is 0 Å². The summed E-state index contributed by atoms with van der Waals surface area (Å²) in [7, 11) is 4.67. The molecule has 1 saturated carbocycles. The Labute approximate surface area is 105 Å². The Bertz CT molecular complexity index is 477. The van der Waals surface area contributed by atoms with Crippen molar-refractivity contribution < 1.29 is 19.0 Å². The normalized spacial score (nSPS) is 15.5. The molecular formula is C13H15NO4. The van der Waals surface area contributed by atoms with Crippen LogP contribution in [0, 0.1) is 0 Å². The van der Waals surface area contributed by atoms with E-state index in [0.717, 1.165) is 18.4 Å². The molecule has 1 aliphatic rings. The van der Waals surface area contributed by atoms with Crippen molar-refractivity contribution in [3.8, 4) is 17.2 Å². The second kappa shape index (κ2) is 4.70. The van der Waals surface area contributed by atoms with Crippen molar-refractivity contribution in [1.29, 1.82) is 0 Å². The van der Waals surface area contributed by atoms with Crippen LogP contribution < -0.4 is 14.2 Å². The molecule has 0 bridgehead atoms. The van der Waals surface area contributed by atoms with Gasteiger partial charge >= 0.3 is 0 Å². The van der Waals surface area contributed by atoms with E-state index in [1.807, 2.05) is 12.1 Å². The van der Waals surface area contributed by atoms with Gasteiger partial charge < -0.3 is 14.2 Å². The molecule has 1 fully saturated rings. The van der Waals surface area contributed by atoms with E-state index in [1.54, 1.807) is 27.4 Å². The molecule has 1 aromatic rings. The van der Waals surface area contributed by atoms with Crippen molar-refractivity contribution in [3.05, 3.63) is 17.7 Å². The summed E-state index contributed by atoms with van der Waals surface area (Å²) < 4.78 is 15.8. The monoisotopic (exact) mass is 249 g/mol. The lowest BCUT2D eigenvalue weighted by Crippen LogP contribution is -2.05. The number of hydrogen-bond donors (Lipinski definition) is 0. The number of benzene rings is 1. The Hall–Kier alpha value is -2.00. The number of isocyanates is 1. The second-order valence-electron chi connectivity index (χ2n) is 4.15. The van der Waals surface area contributed by atoms with Crippen molar-refractivity contribution in [1.82, 2.24) is 0 Å². The fourth-order valence-corrected chi connectivity index (χ4v) is 2.02. The average molecular weight is 249 g/mol. The van der Waals surface area contributed by atoms with Gasteiger partial charge in [-0.2, -0.15) is 4.99 Å². The van der Waals surface area contributed by atoms with Crippen LogP contribution in [0.25, 0.3) is 0 Å². The Morgan fingerprint density at radius 2 is 1.67 bits per heavy atom. The fourth-order valence-electron chi connectivity index (χ4n) is 2.02. The van der Waals surface area contributed by atoms with E-state index >= 15 is 0 Å². The first kappa shape index (κ1) is 12.5. The summed E-state index contributed by atoms with van der Waals surface area (Å²) in [4.78, 5) is 14.4. The molecule has 5 heteroatoms.